The fourth-order valence-electron chi connectivity index (χ4n) is 1.69. The van der Waals surface area contributed by atoms with Gasteiger partial charge in [-0.2, -0.15) is 26.7 Å². The number of nitrogens with one attached hydrogen (secondary N) is 3. The molecule has 1 heterocycles. The fraction of sp³-hybridized carbons (Fsp3) is 0.111. The molecular weight excluding hydrogens is 362 g/mol. The first kappa shape index (κ1) is 17.5. The first-order valence-electron chi connectivity index (χ1n) is 5.64. The van der Waals surface area contributed by atoms with E-state index in [9.17, 15) is 25.7 Å². The predicted molar refractivity (Wildman–Crippen MR) is 71.9 cm³/mol. The van der Waals surface area contributed by atoms with Crippen molar-refractivity contribution in [2.24, 2.45) is 0 Å². The second kappa shape index (κ2) is 5.66. The molecule has 1 unspecified atom stereocenters. The summed E-state index contributed by atoms with van der Waals surface area (Å²) in [4.78, 5) is -1.66. The van der Waals surface area contributed by atoms with E-state index in [0.717, 1.165) is 6.20 Å². The predicted octanol–water partition coefficient (Wildman–Crippen LogP) is -0.0618. The smallest absolute Gasteiger partial charge is 0.296 e. The van der Waals surface area contributed by atoms with Crippen LogP contribution < -0.4 is 16.2 Å². The zero-order chi connectivity index (χ0) is 17.5. The number of halogens is 2. The van der Waals surface area contributed by atoms with Crippen LogP contribution in [-0.2, 0) is 20.2 Å². The van der Waals surface area contributed by atoms with Crippen molar-refractivity contribution in [2.75, 3.05) is 5.32 Å². The van der Waals surface area contributed by atoms with Gasteiger partial charge in [-0.1, -0.05) is 4.48 Å². The van der Waals surface area contributed by atoms with Crippen LogP contribution >= 0.6 is 0 Å². The van der Waals surface area contributed by atoms with Crippen LogP contribution in [0.4, 0.5) is 14.6 Å². The molecule has 0 aliphatic carbocycles. The van der Waals surface area contributed by atoms with Gasteiger partial charge in [0.2, 0.25) is 0 Å². The minimum Gasteiger partial charge on any atom is -0.335 e. The molecule has 0 saturated heterocycles. The Morgan fingerprint density at radius 3 is 2.35 bits per heavy atom. The largest absolute Gasteiger partial charge is 0.335 e. The molecule has 14 heteroatoms. The number of rotatable bonds is 4. The molecule has 1 aliphatic rings. The topological polar surface area (TPSA) is 148 Å². The number of nitrogens with zero attached hydrogens (tertiary/aromatic N) is 1. The third-order valence-corrected chi connectivity index (χ3v) is 4.37. The highest BCUT2D eigenvalue weighted by atomic mass is 32.2. The average molecular weight is 372 g/mol. The Bertz CT molecular complexity index is 859. The van der Waals surface area contributed by atoms with Gasteiger partial charge in [-0.3, -0.25) is 14.5 Å². The van der Waals surface area contributed by atoms with Gasteiger partial charge in [0.05, 0.1) is 10.6 Å². The van der Waals surface area contributed by atoms with E-state index in [0.29, 0.717) is 24.3 Å². The van der Waals surface area contributed by atoms with E-state index in [-0.39, 0.29) is 0 Å². The van der Waals surface area contributed by atoms with Crippen molar-refractivity contribution in [3.8, 4) is 0 Å². The van der Waals surface area contributed by atoms with Gasteiger partial charge >= 0.3 is 0 Å². The summed E-state index contributed by atoms with van der Waals surface area (Å²) in [5.74, 6) is -2.86. The second-order valence-corrected chi connectivity index (χ2v) is 7.11. The Morgan fingerprint density at radius 1 is 1.17 bits per heavy atom. The van der Waals surface area contributed by atoms with Crippen LogP contribution in [0.5, 0.6) is 0 Å². The first-order valence-corrected chi connectivity index (χ1v) is 8.52. The Labute approximate surface area is 129 Å². The van der Waals surface area contributed by atoms with Crippen molar-refractivity contribution in [3.63, 3.8) is 0 Å². The zero-order valence-electron chi connectivity index (χ0n) is 10.9. The molecule has 1 aliphatic heterocycles. The molecule has 10 nitrogen and oxygen atoms in total. The molecular formula is C9H10F2N4O6S2. The van der Waals surface area contributed by atoms with Crippen molar-refractivity contribution in [1.29, 1.82) is 0 Å². The lowest BCUT2D eigenvalue weighted by Gasteiger charge is -2.31. The van der Waals surface area contributed by atoms with E-state index in [4.69, 9.17) is 9.11 Å². The van der Waals surface area contributed by atoms with Gasteiger partial charge in [0, 0.05) is 17.6 Å². The summed E-state index contributed by atoms with van der Waals surface area (Å²) in [6.45, 7) is 0. The second-order valence-electron chi connectivity index (χ2n) is 4.30. The molecule has 0 amide bonds. The molecule has 1 atom stereocenters. The van der Waals surface area contributed by atoms with Gasteiger partial charge in [0.15, 0.2) is 0 Å². The van der Waals surface area contributed by atoms with Crippen molar-refractivity contribution < 1.29 is 34.8 Å². The minimum atomic E-state index is -4.87. The third-order valence-electron chi connectivity index (χ3n) is 2.61. The molecule has 2 rings (SSSR count). The van der Waals surface area contributed by atoms with Crippen molar-refractivity contribution in [2.45, 2.75) is 15.7 Å². The van der Waals surface area contributed by atoms with Crippen LogP contribution in [0, 0.1) is 0 Å². The van der Waals surface area contributed by atoms with Crippen LogP contribution in [0.2, 0.25) is 0 Å². The first-order chi connectivity index (χ1) is 10.4. The van der Waals surface area contributed by atoms with Gasteiger partial charge in [0.1, 0.15) is 4.90 Å². The lowest BCUT2D eigenvalue weighted by atomic mass is 10.3. The molecule has 0 bridgehead atoms. The summed E-state index contributed by atoms with van der Waals surface area (Å²) in [5, 5.41) is 1.48. The highest BCUT2D eigenvalue weighted by molar-refractivity contribution is 7.86. The average Bonchev–Trinajstić information content (AvgIpc) is 2.35. The molecule has 0 radical (unpaired) electrons. The molecule has 0 spiro atoms. The number of anilines is 1. The standard InChI is InChI=1S/C9H10F2N4O6S2/c10-9(3-4-12-15(11)14-9)13-7-5-6(22(16,17)18)1-2-8(7)23(19,20)21/h1-5,12-14H,(H,16,17,18)(H,19,20,21). The normalized spacial score (nSPS) is 22.6. The van der Waals surface area contributed by atoms with E-state index in [2.05, 4.69) is 0 Å². The van der Waals surface area contributed by atoms with Crippen molar-refractivity contribution >= 4 is 25.9 Å². The molecule has 23 heavy (non-hydrogen) atoms. The summed E-state index contributed by atoms with van der Waals surface area (Å²) < 4.78 is 90.1. The number of benzene rings is 1. The van der Waals surface area contributed by atoms with Gasteiger partial charge in [-0.15, -0.1) is 0 Å². The van der Waals surface area contributed by atoms with Gasteiger partial charge in [-0.05, 0) is 18.2 Å². The maximum absolute atomic E-state index is 14.4. The Morgan fingerprint density at radius 2 is 1.83 bits per heavy atom. The summed E-state index contributed by atoms with van der Waals surface area (Å²) in [6, 6.07) is 1.86. The highest BCUT2D eigenvalue weighted by Crippen LogP contribution is 2.28. The van der Waals surface area contributed by atoms with Crippen molar-refractivity contribution in [1.82, 2.24) is 16.2 Å². The van der Waals surface area contributed by atoms with Gasteiger partial charge < -0.3 is 5.32 Å². The molecule has 5 N–H and O–H groups in total. The van der Waals surface area contributed by atoms with E-state index >= 15 is 0 Å². The summed E-state index contributed by atoms with van der Waals surface area (Å²) >= 11 is 0. The fourth-order valence-corrected chi connectivity index (χ4v) is 2.82. The van der Waals surface area contributed by atoms with Crippen LogP contribution in [-0.4, -0.2) is 37.2 Å². The number of alkyl halides is 1. The summed E-state index contributed by atoms with van der Waals surface area (Å²) in [5.41, 5.74) is 2.74. The van der Waals surface area contributed by atoms with Crippen LogP contribution in [0.15, 0.2) is 40.3 Å². The number of hydrogen-bond donors (Lipinski definition) is 5. The Balaban J connectivity index is 2.54. The molecule has 0 fully saturated rings. The molecule has 0 aromatic heterocycles. The van der Waals surface area contributed by atoms with Crippen LogP contribution in [0.3, 0.4) is 0 Å². The highest BCUT2D eigenvalue weighted by Gasteiger charge is 2.34. The number of hydrogen-bond acceptors (Lipinski definition) is 8. The monoisotopic (exact) mass is 372 g/mol. The third kappa shape index (κ3) is 4.12. The van der Waals surface area contributed by atoms with Gasteiger partial charge in [0.25, 0.3) is 26.2 Å². The van der Waals surface area contributed by atoms with E-state index < -0.39 is 47.0 Å². The zero-order valence-corrected chi connectivity index (χ0v) is 12.6. The van der Waals surface area contributed by atoms with E-state index in [1.165, 1.54) is 0 Å². The minimum absolute atomic E-state index is 0.396. The maximum Gasteiger partial charge on any atom is 0.296 e. The summed E-state index contributed by atoms with van der Waals surface area (Å²) in [7, 11) is -9.60. The summed E-state index contributed by atoms with van der Waals surface area (Å²) in [6.07, 6.45) is 1.53. The number of hydrazine groups is 2. The Hall–Kier alpha value is -1.84. The quantitative estimate of drug-likeness (QED) is 0.276. The SMILES string of the molecule is O=S(=O)(O)c1ccc(S(=O)(=O)O)c(NC2(F)C=CNN(F)N2)c1. The maximum atomic E-state index is 14.4. The lowest BCUT2D eigenvalue weighted by molar-refractivity contribution is -0.123. The molecule has 0 saturated carbocycles. The van der Waals surface area contributed by atoms with Gasteiger partial charge in [-0.25, -0.2) is 0 Å². The Kier molecular flexibility index (Phi) is 4.31. The van der Waals surface area contributed by atoms with Crippen LogP contribution in [0.1, 0.15) is 0 Å². The molecule has 1 aromatic carbocycles. The molecule has 128 valence electrons. The van der Waals surface area contributed by atoms with E-state index in [1.807, 2.05) is 10.7 Å². The van der Waals surface area contributed by atoms with E-state index in [1.54, 1.807) is 5.43 Å². The van der Waals surface area contributed by atoms with Crippen molar-refractivity contribution in [3.05, 3.63) is 30.5 Å². The molecule has 1 aromatic rings. The lowest BCUT2D eigenvalue weighted by Crippen LogP contribution is -2.58. The van der Waals surface area contributed by atoms with Crippen LogP contribution in [0.25, 0.3) is 0 Å².